The lowest BCUT2D eigenvalue weighted by Crippen LogP contribution is -2.40. The van der Waals surface area contributed by atoms with Gasteiger partial charge in [0.25, 0.3) is 0 Å². The molecule has 0 amide bonds. The van der Waals surface area contributed by atoms with E-state index in [1.807, 2.05) is 4.90 Å². The number of anilines is 2. The van der Waals surface area contributed by atoms with Gasteiger partial charge in [-0.3, -0.25) is 0 Å². The molecule has 0 aromatic carbocycles. The third-order valence-electron chi connectivity index (χ3n) is 3.86. The molecule has 1 aromatic heterocycles. The average molecular weight is 315 g/mol. The molecular weight excluding hydrogens is 290 g/mol. The monoisotopic (exact) mass is 315 g/mol. The predicted molar refractivity (Wildman–Crippen MR) is 84.1 cm³/mol. The Morgan fingerprint density at radius 2 is 1.95 bits per heavy atom. The molecule has 0 spiro atoms. The summed E-state index contributed by atoms with van der Waals surface area (Å²) in [6.45, 7) is 4.14. The van der Waals surface area contributed by atoms with Crippen molar-refractivity contribution in [2.24, 2.45) is 5.73 Å². The summed E-state index contributed by atoms with van der Waals surface area (Å²) < 4.78 is 25.8. The highest BCUT2D eigenvalue weighted by Crippen LogP contribution is 2.31. The summed E-state index contributed by atoms with van der Waals surface area (Å²) in [6.07, 6.45) is 4.78. The Morgan fingerprint density at radius 3 is 2.48 bits per heavy atom. The van der Waals surface area contributed by atoms with Crippen LogP contribution in [-0.4, -0.2) is 43.6 Å². The lowest BCUT2D eigenvalue weighted by molar-refractivity contribution is 0.493. The fourth-order valence-electron chi connectivity index (χ4n) is 2.60. The van der Waals surface area contributed by atoms with Gasteiger partial charge in [0, 0.05) is 31.9 Å². The summed E-state index contributed by atoms with van der Waals surface area (Å²) in [5, 5.41) is 4.46. The second-order valence-corrected chi connectivity index (χ2v) is 7.66. The molecule has 0 aliphatic carbocycles. The number of nitrogens with zero attached hydrogens (tertiary/aromatic N) is 3. The molecule has 120 valence electrons. The van der Waals surface area contributed by atoms with Crippen LogP contribution in [0.2, 0.25) is 0 Å². The molecule has 7 nitrogen and oxygen atoms in total. The van der Waals surface area contributed by atoms with Crippen LogP contribution in [0, 0.1) is 0 Å². The fraction of sp³-hybridized carbons (Fsp3) is 0.769. The first-order valence-corrected chi connectivity index (χ1v) is 9.30. The van der Waals surface area contributed by atoms with Gasteiger partial charge in [-0.25, -0.2) is 13.1 Å². The summed E-state index contributed by atoms with van der Waals surface area (Å²) in [7, 11) is -3.41. The second kappa shape index (κ2) is 6.23. The van der Waals surface area contributed by atoms with Crippen molar-refractivity contribution in [1.82, 2.24) is 9.78 Å². The molecule has 1 saturated heterocycles. The molecule has 2 heterocycles. The fourth-order valence-corrected chi connectivity index (χ4v) is 3.58. The van der Waals surface area contributed by atoms with E-state index in [0.717, 1.165) is 25.7 Å². The molecular formula is C13H25N5O2S. The van der Waals surface area contributed by atoms with E-state index in [1.165, 1.54) is 6.26 Å². The first kappa shape index (κ1) is 16.1. The molecule has 0 atom stereocenters. The van der Waals surface area contributed by atoms with Crippen LogP contribution in [-0.2, 0) is 16.4 Å². The number of aryl methyl sites for hydroxylation is 1. The van der Waals surface area contributed by atoms with Crippen molar-refractivity contribution >= 4 is 21.5 Å². The van der Waals surface area contributed by atoms with Crippen LogP contribution in [0.1, 0.15) is 32.6 Å². The topological polar surface area (TPSA) is 107 Å². The van der Waals surface area contributed by atoms with Gasteiger partial charge in [-0.1, -0.05) is 13.3 Å². The van der Waals surface area contributed by atoms with Crippen molar-refractivity contribution in [3.8, 4) is 0 Å². The molecule has 1 aliphatic heterocycles. The molecule has 8 heteroatoms. The lowest BCUT2D eigenvalue weighted by atomic mass is 10.1. The number of unbranched alkanes of at least 4 members (excludes halogenated alkanes) is 1. The molecule has 1 fully saturated rings. The van der Waals surface area contributed by atoms with Gasteiger partial charge in [-0.05, 0) is 19.3 Å². The molecule has 0 bridgehead atoms. The summed E-state index contributed by atoms with van der Waals surface area (Å²) in [5.41, 5.74) is 11.9. The Morgan fingerprint density at radius 1 is 1.33 bits per heavy atom. The van der Waals surface area contributed by atoms with Gasteiger partial charge < -0.3 is 16.4 Å². The normalized spacial score (nSPS) is 17.4. The van der Waals surface area contributed by atoms with Crippen molar-refractivity contribution in [3.63, 3.8) is 0 Å². The highest BCUT2D eigenvalue weighted by Gasteiger charge is 2.29. The van der Waals surface area contributed by atoms with Gasteiger partial charge in [-0.15, -0.1) is 0 Å². The number of hydrogen-bond acceptors (Lipinski definition) is 6. The van der Waals surface area contributed by atoms with E-state index in [4.69, 9.17) is 11.5 Å². The van der Waals surface area contributed by atoms with Gasteiger partial charge in [0.15, 0.2) is 20.6 Å². The number of nitrogens with two attached hydrogens (primary N) is 2. The molecule has 1 aromatic rings. The number of aromatic nitrogens is 2. The van der Waals surface area contributed by atoms with E-state index in [9.17, 15) is 8.42 Å². The van der Waals surface area contributed by atoms with Crippen molar-refractivity contribution in [2.75, 3.05) is 30.0 Å². The largest absolute Gasteiger partial charge is 0.383 e. The molecule has 1 aliphatic rings. The van der Waals surface area contributed by atoms with Crippen LogP contribution >= 0.6 is 0 Å². The van der Waals surface area contributed by atoms with Crippen molar-refractivity contribution in [1.29, 1.82) is 0 Å². The van der Waals surface area contributed by atoms with Gasteiger partial charge in [0.2, 0.25) is 0 Å². The highest BCUT2D eigenvalue weighted by molar-refractivity contribution is 7.91. The Hall–Kier alpha value is -1.28. The van der Waals surface area contributed by atoms with Crippen molar-refractivity contribution in [3.05, 3.63) is 0 Å². The molecule has 0 saturated carbocycles. The number of piperidine rings is 1. The number of rotatable bonds is 5. The average Bonchev–Trinajstić information content (AvgIpc) is 2.74. The first-order chi connectivity index (χ1) is 9.84. The smallest absolute Gasteiger partial charge is 0.182 e. The standard InChI is InChI=1S/C13H25N5O2S/c1-3-4-7-18-12(15)11(21(2,19)20)13(16-18)17-8-5-10(14)6-9-17/h10H,3-9,14-15H2,1-2H3. The number of sulfone groups is 1. The van der Waals surface area contributed by atoms with E-state index < -0.39 is 9.84 Å². The lowest BCUT2D eigenvalue weighted by Gasteiger charge is -2.30. The zero-order valence-electron chi connectivity index (χ0n) is 12.7. The van der Waals surface area contributed by atoms with Gasteiger partial charge >= 0.3 is 0 Å². The van der Waals surface area contributed by atoms with Crippen LogP contribution in [0.3, 0.4) is 0 Å². The maximum atomic E-state index is 12.1. The number of hydrogen-bond donors (Lipinski definition) is 2. The van der Waals surface area contributed by atoms with E-state index in [2.05, 4.69) is 12.0 Å². The van der Waals surface area contributed by atoms with Crippen LogP contribution in [0.4, 0.5) is 11.6 Å². The SMILES string of the molecule is CCCCn1nc(N2CCC(N)CC2)c(S(C)(=O)=O)c1N. The molecule has 2 rings (SSSR count). The minimum Gasteiger partial charge on any atom is -0.383 e. The van der Waals surface area contributed by atoms with Crippen molar-refractivity contribution < 1.29 is 8.42 Å². The Bertz CT molecular complexity index is 588. The molecule has 4 N–H and O–H groups in total. The zero-order valence-corrected chi connectivity index (χ0v) is 13.6. The Labute approximate surface area is 126 Å². The van der Waals surface area contributed by atoms with E-state index >= 15 is 0 Å². The van der Waals surface area contributed by atoms with Gasteiger partial charge in [-0.2, -0.15) is 5.10 Å². The van der Waals surface area contributed by atoms with E-state index in [0.29, 0.717) is 25.5 Å². The molecule has 21 heavy (non-hydrogen) atoms. The maximum absolute atomic E-state index is 12.1. The minimum atomic E-state index is -3.41. The number of nitrogen functional groups attached to an aromatic ring is 1. The zero-order chi connectivity index (χ0) is 15.6. The van der Waals surface area contributed by atoms with Crippen LogP contribution in [0.15, 0.2) is 4.90 Å². The Balaban J connectivity index is 2.39. The van der Waals surface area contributed by atoms with Crippen LogP contribution in [0.5, 0.6) is 0 Å². The van der Waals surface area contributed by atoms with Gasteiger partial charge in [0.1, 0.15) is 5.82 Å². The van der Waals surface area contributed by atoms with E-state index in [-0.39, 0.29) is 16.8 Å². The molecule has 0 radical (unpaired) electrons. The van der Waals surface area contributed by atoms with E-state index in [1.54, 1.807) is 4.68 Å². The minimum absolute atomic E-state index is 0.161. The Kier molecular flexibility index (Phi) is 4.77. The van der Waals surface area contributed by atoms with Gasteiger partial charge in [0.05, 0.1) is 0 Å². The van der Waals surface area contributed by atoms with Crippen molar-refractivity contribution in [2.45, 2.75) is 50.1 Å². The third-order valence-corrected chi connectivity index (χ3v) is 5.00. The van der Waals surface area contributed by atoms with Crippen LogP contribution < -0.4 is 16.4 Å². The quantitative estimate of drug-likeness (QED) is 0.824. The predicted octanol–water partition coefficient (Wildman–Crippen LogP) is 0.596. The molecule has 0 unspecified atom stereocenters. The second-order valence-electron chi connectivity index (χ2n) is 5.71. The summed E-state index contributed by atoms with van der Waals surface area (Å²) in [4.78, 5) is 2.15. The third kappa shape index (κ3) is 3.49. The first-order valence-electron chi connectivity index (χ1n) is 7.41. The summed E-state index contributed by atoms with van der Waals surface area (Å²) in [6, 6.07) is 0.183. The summed E-state index contributed by atoms with van der Waals surface area (Å²) >= 11 is 0. The van der Waals surface area contributed by atoms with Crippen LogP contribution in [0.25, 0.3) is 0 Å². The highest BCUT2D eigenvalue weighted by atomic mass is 32.2. The maximum Gasteiger partial charge on any atom is 0.182 e. The summed E-state index contributed by atoms with van der Waals surface area (Å²) in [5.74, 6) is 0.730.